The van der Waals surface area contributed by atoms with Crippen LogP contribution < -0.4 is 4.72 Å². The molecule has 22 heavy (non-hydrogen) atoms. The van der Waals surface area contributed by atoms with Gasteiger partial charge in [-0.3, -0.25) is 9.78 Å². The van der Waals surface area contributed by atoms with Gasteiger partial charge in [0.05, 0.1) is 4.90 Å². The fourth-order valence-corrected chi connectivity index (χ4v) is 3.77. The van der Waals surface area contributed by atoms with Crippen LogP contribution in [0.5, 0.6) is 0 Å². The number of hydrogen-bond acceptors (Lipinski definition) is 5. The molecule has 0 spiro atoms. The lowest BCUT2D eigenvalue weighted by atomic mass is 10.1. The number of benzene rings is 1. The standard InChI is InChI=1S/C15H16N2O4S/c18-15(13-5-1-2-9-21-13)17-22(19,20)14-6-3-4-11-10-16-8-7-12(11)14/h3-4,6-8,10,13H,1-2,5,9H2,(H,17,18)/t13-/m1/s1. The van der Waals surface area contributed by atoms with Crippen LogP contribution in [0, 0.1) is 0 Å². The molecule has 0 saturated carbocycles. The first kappa shape index (κ1) is 14.9. The van der Waals surface area contributed by atoms with Gasteiger partial charge in [-0.05, 0) is 31.4 Å². The van der Waals surface area contributed by atoms with Crippen LogP contribution in [0.25, 0.3) is 10.8 Å². The highest BCUT2D eigenvalue weighted by Crippen LogP contribution is 2.22. The van der Waals surface area contributed by atoms with E-state index >= 15 is 0 Å². The molecule has 1 atom stereocenters. The second-order valence-electron chi connectivity index (χ2n) is 5.18. The summed E-state index contributed by atoms with van der Waals surface area (Å²) in [7, 11) is -3.94. The fourth-order valence-electron chi connectivity index (χ4n) is 2.53. The van der Waals surface area contributed by atoms with Crippen molar-refractivity contribution in [3.05, 3.63) is 36.7 Å². The summed E-state index contributed by atoms with van der Waals surface area (Å²) in [4.78, 5) is 16.1. The van der Waals surface area contributed by atoms with Crippen molar-refractivity contribution >= 4 is 26.7 Å². The second-order valence-corrected chi connectivity index (χ2v) is 6.83. The number of pyridine rings is 1. The fraction of sp³-hybridized carbons (Fsp3) is 0.333. The molecule has 1 aromatic carbocycles. The molecule has 0 radical (unpaired) electrons. The van der Waals surface area contributed by atoms with Crippen molar-refractivity contribution in [2.45, 2.75) is 30.3 Å². The molecule has 0 unspecified atom stereocenters. The van der Waals surface area contributed by atoms with Gasteiger partial charge in [-0.2, -0.15) is 0 Å². The molecule has 3 rings (SSSR count). The van der Waals surface area contributed by atoms with Gasteiger partial charge < -0.3 is 4.74 Å². The molecular formula is C15H16N2O4S. The summed E-state index contributed by atoms with van der Waals surface area (Å²) < 4.78 is 32.4. The summed E-state index contributed by atoms with van der Waals surface area (Å²) in [6, 6.07) is 6.48. The SMILES string of the molecule is O=C(NS(=O)(=O)c1cccc2cnccc12)[C@H]1CCCCO1. The number of sulfonamides is 1. The van der Waals surface area contributed by atoms with E-state index in [1.54, 1.807) is 24.4 Å². The average Bonchev–Trinajstić information content (AvgIpc) is 2.54. The summed E-state index contributed by atoms with van der Waals surface area (Å²) in [5.74, 6) is -0.606. The molecule has 1 fully saturated rings. The van der Waals surface area contributed by atoms with E-state index in [9.17, 15) is 13.2 Å². The number of hydrogen-bond donors (Lipinski definition) is 1. The van der Waals surface area contributed by atoms with E-state index in [0.29, 0.717) is 23.8 Å². The van der Waals surface area contributed by atoms with Crippen LogP contribution in [0.4, 0.5) is 0 Å². The molecular weight excluding hydrogens is 304 g/mol. The Morgan fingerprint density at radius 1 is 1.27 bits per heavy atom. The zero-order valence-electron chi connectivity index (χ0n) is 11.9. The van der Waals surface area contributed by atoms with Crippen LogP contribution in [0.3, 0.4) is 0 Å². The minimum atomic E-state index is -3.94. The summed E-state index contributed by atoms with van der Waals surface area (Å²) in [5, 5.41) is 1.23. The van der Waals surface area contributed by atoms with Gasteiger partial charge in [0.25, 0.3) is 15.9 Å². The number of nitrogens with zero attached hydrogens (tertiary/aromatic N) is 1. The van der Waals surface area contributed by atoms with Crippen LogP contribution in [-0.4, -0.2) is 32.0 Å². The third-order valence-corrected chi connectivity index (χ3v) is 5.04. The highest BCUT2D eigenvalue weighted by atomic mass is 32.2. The highest BCUT2D eigenvalue weighted by Gasteiger charge is 2.27. The predicted molar refractivity (Wildman–Crippen MR) is 80.7 cm³/mol. The van der Waals surface area contributed by atoms with Gasteiger partial charge >= 0.3 is 0 Å². The molecule has 1 aliphatic rings. The second kappa shape index (κ2) is 6.02. The first-order chi connectivity index (χ1) is 10.6. The minimum absolute atomic E-state index is 0.0663. The first-order valence-corrected chi connectivity index (χ1v) is 8.57. The largest absolute Gasteiger partial charge is 0.368 e. The lowest BCUT2D eigenvalue weighted by Gasteiger charge is -2.21. The third-order valence-electron chi connectivity index (χ3n) is 3.64. The number of nitrogens with one attached hydrogen (secondary N) is 1. The number of rotatable bonds is 3. The van der Waals surface area contributed by atoms with Gasteiger partial charge in [0, 0.05) is 29.8 Å². The normalized spacial score (nSPS) is 19.0. The van der Waals surface area contributed by atoms with Gasteiger partial charge in [0.15, 0.2) is 0 Å². The summed E-state index contributed by atoms with van der Waals surface area (Å²) in [6.07, 6.45) is 4.71. The average molecular weight is 320 g/mol. The van der Waals surface area contributed by atoms with Crippen LogP contribution in [0.15, 0.2) is 41.6 Å². The van der Waals surface area contributed by atoms with Crippen molar-refractivity contribution < 1.29 is 17.9 Å². The molecule has 116 valence electrons. The number of aromatic nitrogens is 1. The Morgan fingerprint density at radius 2 is 2.14 bits per heavy atom. The van der Waals surface area contributed by atoms with Crippen LogP contribution in [0.2, 0.25) is 0 Å². The monoisotopic (exact) mass is 320 g/mol. The summed E-state index contributed by atoms with van der Waals surface area (Å²) in [6.45, 7) is 0.484. The van der Waals surface area contributed by atoms with Gasteiger partial charge in [-0.1, -0.05) is 12.1 Å². The maximum absolute atomic E-state index is 12.5. The van der Waals surface area contributed by atoms with Crippen molar-refractivity contribution in [2.24, 2.45) is 0 Å². The molecule has 7 heteroatoms. The Labute approximate surface area is 128 Å². The topological polar surface area (TPSA) is 85.4 Å². The quantitative estimate of drug-likeness (QED) is 0.928. The molecule has 0 bridgehead atoms. The molecule has 1 amide bonds. The van der Waals surface area contributed by atoms with Crippen LogP contribution in [-0.2, 0) is 19.6 Å². The van der Waals surface area contributed by atoms with E-state index in [0.717, 1.165) is 12.8 Å². The number of amides is 1. The lowest BCUT2D eigenvalue weighted by molar-refractivity contribution is -0.133. The van der Waals surface area contributed by atoms with Gasteiger partial charge in [-0.15, -0.1) is 0 Å². The number of fused-ring (bicyclic) bond motifs is 1. The van der Waals surface area contributed by atoms with Crippen molar-refractivity contribution in [1.82, 2.24) is 9.71 Å². The van der Waals surface area contributed by atoms with Gasteiger partial charge in [-0.25, -0.2) is 13.1 Å². The zero-order valence-corrected chi connectivity index (χ0v) is 12.7. The molecule has 1 aliphatic heterocycles. The van der Waals surface area contributed by atoms with Crippen LogP contribution in [0.1, 0.15) is 19.3 Å². The van der Waals surface area contributed by atoms with Gasteiger partial charge in [0.1, 0.15) is 6.10 Å². The smallest absolute Gasteiger partial charge is 0.264 e. The Balaban J connectivity index is 1.90. The molecule has 1 saturated heterocycles. The van der Waals surface area contributed by atoms with Gasteiger partial charge in [0.2, 0.25) is 0 Å². The minimum Gasteiger partial charge on any atom is -0.368 e. The first-order valence-electron chi connectivity index (χ1n) is 7.09. The Bertz CT molecular complexity index is 793. The molecule has 0 aliphatic carbocycles. The Kier molecular flexibility index (Phi) is 4.08. The third kappa shape index (κ3) is 2.95. The maximum Gasteiger partial charge on any atom is 0.264 e. The molecule has 2 heterocycles. The van der Waals surface area contributed by atoms with E-state index in [4.69, 9.17) is 4.74 Å². The zero-order chi connectivity index (χ0) is 15.6. The van der Waals surface area contributed by atoms with Crippen molar-refractivity contribution in [1.29, 1.82) is 0 Å². The number of ether oxygens (including phenoxy) is 1. The van der Waals surface area contributed by atoms with Crippen molar-refractivity contribution in [3.63, 3.8) is 0 Å². The van der Waals surface area contributed by atoms with Crippen molar-refractivity contribution in [3.8, 4) is 0 Å². The van der Waals surface area contributed by atoms with E-state index in [2.05, 4.69) is 9.71 Å². The molecule has 1 aromatic heterocycles. The number of carbonyl (C=O) groups excluding carboxylic acids is 1. The summed E-state index contributed by atoms with van der Waals surface area (Å²) >= 11 is 0. The molecule has 6 nitrogen and oxygen atoms in total. The van der Waals surface area contributed by atoms with E-state index in [1.165, 1.54) is 12.3 Å². The summed E-state index contributed by atoms with van der Waals surface area (Å²) in [5.41, 5.74) is 0. The van der Waals surface area contributed by atoms with Crippen molar-refractivity contribution in [2.75, 3.05) is 6.61 Å². The number of carbonyl (C=O) groups is 1. The molecule has 2 aromatic rings. The lowest BCUT2D eigenvalue weighted by Crippen LogP contribution is -2.41. The Morgan fingerprint density at radius 3 is 2.91 bits per heavy atom. The molecule has 1 N–H and O–H groups in total. The van der Waals surface area contributed by atoms with E-state index < -0.39 is 22.0 Å². The van der Waals surface area contributed by atoms with E-state index in [1.807, 2.05) is 0 Å². The predicted octanol–water partition coefficient (Wildman–Crippen LogP) is 1.61. The highest BCUT2D eigenvalue weighted by molar-refractivity contribution is 7.90. The van der Waals surface area contributed by atoms with E-state index in [-0.39, 0.29) is 4.90 Å². The Hall–Kier alpha value is -1.99. The van der Waals surface area contributed by atoms with Crippen LogP contribution >= 0.6 is 0 Å². The maximum atomic E-state index is 12.5.